The predicted molar refractivity (Wildman–Crippen MR) is 166 cm³/mol. The summed E-state index contributed by atoms with van der Waals surface area (Å²) in [5.74, 6) is 0.211. The maximum absolute atomic E-state index is 14.9. The van der Waals surface area contributed by atoms with Crippen LogP contribution in [0.3, 0.4) is 0 Å². The molecule has 3 aromatic rings. The van der Waals surface area contributed by atoms with E-state index < -0.39 is 15.8 Å². The van der Waals surface area contributed by atoms with Crippen LogP contribution in [0, 0.1) is 11.7 Å². The van der Waals surface area contributed by atoms with Crippen LogP contribution >= 0.6 is 0 Å². The zero-order valence-corrected chi connectivity index (χ0v) is 25.7. The molecule has 4 nitrogen and oxygen atoms in total. The van der Waals surface area contributed by atoms with Crippen LogP contribution in [-0.4, -0.2) is 26.4 Å². The van der Waals surface area contributed by atoms with Crippen molar-refractivity contribution in [3.05, 3.63) is 94.3 Å². The third kappa shape index (κ3) is 7.78. The minimum Gasteiger partial charge on any atom is -0.298 e. The van der Waals surface area contributed by atoms with Gasteiger partial charge in [0.25, 0.3) is 10.0 Å². The maximum Gasteiger partial charge on any atom is 0.261 e. The quantitative estimate of drug-likeness (QED) is 0.280. The second kappa shape index (κ2) is 12.7. The Kier molecular flexibility index (Phi) is 9.20. The summed E-state index contributed by atoms with van der Waals surface area (Å²) in [5.41, 5.74) is 5.98. The Balaban J connectivity index is 1.17. The summed E-state index contributed by atoms with van der Waals surface area (Å²) in [5, 5.41) is 0. The minimum absolute atomic E-state index is 0.00541. The van der Waals surface area contributed by atoms with Crippen molar-refractivity contribution in [2.24, 2.45) is 5.92 Å². The minimum atomic E-state index is -3.89. The van der Waals surface area contributed by atoms with E-state index >= 15 is 0 Å². The first-order valence-electron chi connectivity index (χ1n) is 15.3. The predicted octanol–water partition coefficient (Wildman–Crippen LogP) is 8.04. The van der Waals surface area contributed by atoms with E-state index in [1.165, 1.54) is 49.3 Å². The molecule has 1 fully saturated rings. The number of nitrogens with zero attached hydrogens (tertiary/aromatic N) is 1. The van der Waals surface area contributed by atoms with Crippen molar-refractivity contribution < 1.29 is 12.8 Å². The third-order valence-electron chi connectivity index (χ3n) is 8.96. The smallest absolute Gasteiger partial charge is 0.261 e. The van der Waals surface area contributed by atoms with Crippen LogP contribution in [-0.2, 0) is 41.2 Å². The van der Waals surface area contributed by atoms with Gasteiger partial charge in [0.1, 0.15) is 5.82 Å². The number of hydrogen-bond acceptors (Lipinski definition) is 3. The van der Waals surface area contributed by atoms with Gasteiger partial charge in [0.05, 0.1) is 10.6 Å². The second-order valence-corrected chi connectivity index (χ2v) is 14.8. The second-order valence-electron chi connectivity index (χ2n) is 13.1. The lowest BCUT2D eigenvalue weighted by atomic mass is 9.85. The van der Waals surface area contributed by atoms with E-state index in [-0.39, 0.29) is 16.0 Å². The lowest BCUT2D eigenvalue weighted by Crippen LogP contribution is -2.32. The van der Waals surface area contributed by atoms with Gasteiger partial charge in [-0.25, -0.2) is 12.8 Å². The van der Waals surface area contributed by atoms with Gasteiger partial charge in [-0.15, -0.1) is 0 Å². The van der Waals surface area contributed by atoms with Gasteiger partial charge in [-0.05, 0) is 89.1 Å². The van der Waals surface area contributed by atoms with Crippen molar-refractivity contribution in [2.75, 3.05) is 17.8 Å². The van der Waals surface area contributed by atoms with Crippen molar-refractivity contribution in [3.8, 4) is 0 Å². The van der Waals surface area contributed by atoms with Crippen LogP contribution in [0.4, 0.5) is 10.1 Å². The average Bonchev–Trinajstić information content (AvgIpc) is 2.96. The number of nitrogens with one attached hydrogen (secondary N) is 1. The molecule has 41 heavy (non-hydrogen) atoms. The van der Waals surface area contributed by atoms with E-state index in [2.05, 4.69) is 54.7 Å². The van der Waals surface area contributed by atoms with Crippen molar-refractivity contribution in [1.29, 1.82) is 0 Å². The summed E-state index contributed by atoms with van der Waals surface area (Å²) in [6.07, 6.45) is 10.2. The summed E-state index contributed by atoms with van der Waals surface area (Å²) < 4.78 is 43.8. The zero-order valence-electron chi connectivity index (χ0n) is 24.9. The Labute approximate surface area is 246 Å². The molecule has 0 saturated heterocycles. The van der Waals surface area contributed by atoms with Gasteiger partial charge in [0.2, 0.25) is 0 Å². The summed E-state index contributed by atoms with van der Waals surface area (Å²) in [6.45, 7) is 9.35. The molecule has 2 aliphatic rings. The van der Waals surface area contributed by atoms with Gasteiger partial charge >= 0.3 is 0 Å². The van der Waals surface area contributed by atoms with Gasteiger partial charge in [-0.1, -0.05) is 89.3 Å². The van der Waals surface area contributed by atoms with E-state index in [0.717, 1.165) is 67.9 Å². The maximum atomic E-state index is 14.9. The number of sulfonamides is 1. The van der Waals surface area contributed by atoms with Crippen molar-refractivity contribution in [3.63, 3.8) is 0 Å². The Hall–Kier alpha value is -2.70. The lowest BCUT2D eigenvalue weighted by Gasteiger charge is -2.29. The molecule has 0 bridgehead atoms. The molecule has 1 heterocycles. The van der Waals surface area contributed by atoms with Crippen molar-refractivity contribution >= 4 is 15.7 Å². The topological polar surface area (TPSA) is 49.4 Å². The van der Waals surface area contributed by atoms with E-state index in [0.29, 0.717) is 0 Å². The summed E-state index contributed by atoms with van der Waals surface area (Å²) in [4.78, 5) is 2.61. The van der Waals surface area contributed by atoms with E-state index in [1.54, 1.807) is 18.2 Å². The highest BCUT2D eigenvalue weighted by atomic mass is 32.2. The van der Waals surface area contributed by atoms with Crippen LogP contribution in [0.25, 0.3) is 0 Å². The Morgan fingerprint density at radius 2 is 1.61 bits per heavy atom. The molecule has 3 aromatic carbocycles. The molecule has 220 valence electrons. The molecule has 5 rings (SSSR count). The van der Waals surface area contributed by atoms with E-state index in [9.17, 15) is 12.8 Å². The van der Waals surface area contributed by atoms with Gasteiger partial charge in [0, 0.05) is 19.6 Å². The standard InChI is InChI=1S/C35H45FN2O2S/c1-35(2,3)31-15-11-27(12-16-31)19-21-38-22-20-29-24-32(17-14-30(29)25-38)41(39,40)37-34-18-13-28(23-33(34)36)10-9-26-7-5-4-6-8-26/h11-18,23-24,26,37H,4-10,19-22,25H2,1-3H3. The SMILES string of the molecule is CC(C)(C)c1ccc(CCN2CCc3cc(S(=O)(=O)Nc4ccc(CCC5CCCCC5)cc4F)ccc3C2)cc1. The van der Waals surface area contributed by atoms with Crippen LogP contribution in [0.1, 0.15) is 87.1 Å². The number of anilines is 1. The Bertz CT molecular complexity index is 1440. The number of fused-ring (bicyclic) bond motifs is 1. The van der Waals surface area contributed by atoms with Gasteiger partial charge in [0.15, 0.2) is 0 Å². The number of halogens is 1. The van der Waals surface area contributed by atoms with Crippen LogP contribution in [0.5, 0.6) is 0 Å². The first kappa shape index (κ1) is 29.8. The Morgan fingerprint density at radius 3 is 2.32 bits per heavy atom. The number of rotatable bonds is 9. The van der Waals surface area contributed by atoms with E-state index in [1.807, 2.05) is 12.1 Å². The molecule has 0 radical (unpaired) electrons. The molecule has 6 heteroatoms. The zero-order chi connectivity index (χ0) is 29.0. The average molecular weight is 577 g/mol. The van der Waals surface area contributed by atoms with Gasteiger partial charge in [-0.3, -0.25) is 9.62 Å². The number of aryl methyl sites for hydroxylation is 1. The summed E-state index contributed by atoms with van der Waals surface area (Å²) >= 11 is 0. The van der Waals surface area contributed by atoms with Gasteiger partial charge < -0.3 is 0 Å². The first-order chi connectivity index (χ1) is 19.6. The van der Waals surface area contributed by atoms with E-state index in [4.69, 9.17) is 0 Å². The fourth-order valence-corrected chi connectivity index (χ4v) is 7.37. The van der Waals surface area contributed by atoms with Crippen LogP contribution in [0.2, 0.25) is 0 Å². The molecule has 0 amide bonds. The van der Waals surface area contributed by atoms with Crippen molar-refractivity contribution in [1.82, 2.24) is 4.90 Å². The highest BCUT2D eigenvalue weighted by Gasteiger charge is 2.22. The fraction of sp³-hybridized carbons (Fsp3) is 0.486. The van der Waals surface area contributed by atoms with Crippen LogP contribution in [0.15, 0.2) is 65.6 Å². The summed E-state index contributed by atoms with van der Waals surface area (Å²) in [7, 11) is -3.89. The molecule has 1 aliphatic carbocycles. The first-order valence-corrected chi connectivity index (χ1v) is 16.8. The largest absolute Gasteiger partial charge is 0.298 e. The summed E-state index contributed by atoms with van der Waals surface area (Å²) in [6, 6.07) is 19.2. The lowest BCUT2D eigenvalue weighted by molar-refractivity contribution is 0.257. The molecule has 0 spiro atoms. The highest BCUT2D eigenvalue weighted by Crippen LogP contribution is 2.29. The number of hydrogen-bond donors (Lipinski definition) is 1. The molecule has 1 aliphatic heterocycles. The third-order valence-corrected chi connectivity index (χ3v) is 10.3. The molecule has 0 atom stereocenters. The normalized spacial score (nSPS) is 16.9. The molecule has 1 N–H and O–H groups in total. The molecule has 0 aromatic heterocycles. The number of benzene rings is 3. The van der Waals surface area contributed by atoms with Gasteiger partial charge in [-0.2, -0.15) is 0 Å². The fourth-order valence-electron chi connectivity index (χ4n) is 6.25. The van der Waals surface area contributed by atoms with Crippen molar-refractivity contribution in [2.45, 2.75) is 95.4 Å². The monoisotopic (exact) mass is 576 g/mol. The molecular weight excluding hydrogens is 531 g/mol. The molecule has 1 saturated carbocycles. The molecular formula is C35H45FN2O2S. The molecule has 0 unspecified atom stereocenters. The highest BCUT2D eigenvalue weighted by molar-refractivity contribution is 7.92. The Morgan fingerprint density at radius 1 is 0.878 bits per heavy atom. The van der Waals surface area contributed by atoms with Crippen LogP contribution < -0.4 is 4.72 Å².